The topological polar surface area (TPSA) is 9.23 Å². The largest absolute Gasteiger partial charge is 0.491 e. The Morgan fingerprint density at radius 3 is 2.40 bits per heavy atom. The Hall–Kier alpha value is -1.02. The number of hydrogen-bond acceptors (Lipinski definition) is 1. The molecular weight excluding hydrogens is 252 g/mol. The van der Waals surface area contributed by atoms with Gasteiger partial charge in [-0.15, -0.1) is 0 Å². The maximum Gasteiger partial charge on any atom is 0.120 e. The van der Waals surface area contributed by atoms with Gasteiger partial charge >= 0.3 is 0 Å². The highest BCUT2D eigenvalue weighted by Gasteiger charge is 2.00. The van der Waals surface area contributed by atoms with E-state index in [-0.39, 0.29) is 6.10 Å². The Balaban J connectivity index is 2.43. The summed E-state index contributed by atoms with van der Waals surface area (Å²) in [5.74, 6) is 0.930. The number of benzene rings is 2. The second kappa shape index (κ2) is 4.23. The highest BCUT2D eigenvalue weighted by Crippen LogP contribution is 2.24. The smallest absolute Gasteiger partial charge is 0.120 e. The van der Waals surface area contributed by atoms with E-state index in [0.29, 0.717) is 0 Å². The molecule has 0 aliphatic rings. The minimum absolute atomic E-state index is 0.220. The van der Waals surface area contributed by atoms with E-state index in [1.165, 1.54) is 10.8 Å². The van der Waals surface area contributed by atoms with Crippen molar-refractivity contribution in [2.45, 2.75) is 20.0 Å². The van der Waals surface area contributed by atoms with Gasteiger partial charge in [0.1, 0.15) is 5.75 Å². The lowest BCUT2D eigenvalue weighted by atomic mass is 10.1. The number of hydrogen-bond donors (Lipinski definition) is 0. The Bertz CT molecular complexity index is 477. The van der Waals surface area contributed by atoms with Crippen molar-refractivity contribution in [3.05, 3.63) is 40.9 Å². The summed E-state index contributed by atoms with van der Waals surface area (Å²) in [7, 11) is 0. The first-order chi connectivity index (χ1) is 7.15. The summed E-state index contributed by atoms with van der Waals surface area (Å²) in [4.78, 5) is 0. The Morgan fingerprint density at radius 2 is 1.67 bits per heavy atom. The summed E-state index contributed by atoms with van der Waals surface area (Å²) in [5.41, 5.74) is 0. The van der Waals surface area contributed by atoms with Gasteiger partial charge in [-0.25, -0.2) is 0 Å². The highest BCUT2D eigenvalue weighted by molar-refractivity contribution is 9.10. The maximum atomic E-state index is 5.64. The summed E-state index contributed by atoms with van der Waals surface area (Å²) in [6.07, 6.45) is 0.220. The quantitative estimate of drug-likeness (QED) is 0.782. The predicted molar refractivity (Wildman–Crippen MR) is 67.4 cm³/mol. The van der Waals surface area contributed by atoms with Crippen molar-refractivity contribution in [1.82, 2.24) is 0 Å². The normalized spacial score (nSPS) is 10.9. The third-order valence-corrected chi connectivity index (χ3v) is 2.64. The van der Waals surface area contributed by atoms with Gasteiger partial charge in [0.05, 0.1) is 6.10 Å². The van der Waals surface area contributed by atoms with Crippen LogP contribution >= 0.6 is 15.9 Å². The molecule has 15 heavy (non-hydrogen) atoms. The fraction of sp³-hybridized carbons (Fsp3) is 0.231. The first-order valence-electron chi connectivity index (χ1n) is 5.01. The van der Waals surface area contributed by atoms with Crippen LogP contribution in [0.1, 0.15) is 13.8 Å². The van der Waals surface area contributed by atoms with Crippen LogP contribution in [0, 0.1) is 0 Å². The van der Waals surface area contributed by atoms with Crippen molar-refractivity contribution in [3.63, 3.8) is 0 Å². The van der Waals surface area contributed by atoms with E-state index in [4.69, 9.17) is 4.74 Å². The number of rotatable bonds is 2. The van der Waals surface area contributed by atoms with Crippen LogP contribution in [0.4, 0.5) is 0 Å². The molecule has 0 unspecified atom stereocenters. The van der Waals surface area contributed by atoms with Gasteiger partial charge in [-0.3, -0.25) is 0 Å². The van der Waals surface area contributed by atoms with E-state index in [2.05, 4.69) is 40.2 Å². The van der Waals surface area contributed by atoms with E-state index < -0.39 is 0 Å². The average molecular weight is 265 g/mol. The van der Waals surface area contributed by atoms with Crippen molar-refractivity contribution >= 4 is 26.7 Å². The molecule has 2 heteroatoms. The Kier molecular flexibility index (Phi) is 2.96. The first kappa shape index (κ1) is 10.5. The highest BCUT2D eigenvalue weighted by atomic mass is 79.9. The zero-order valence-corrected chi connectivity index (χ0v) is 10.4. The lowest BCUT2D eigenvalue weighted by molar-refractivity contribution is 0.243. The molecule has 0 heterocycles. The monoisotopic (exact) mass is 264 g/mol. The molecule has 0 atom stereocenters. The van der Waals surface area contributed by atoms with Gasteiger partial charge in [-0.05, 0) is 48.9 Å². The van der Waals surface area contributed by atoms with Crippen LogP contribution in [0.5, 0.6) is 5.75 Å². The lowest BCUT2D eigenvalue weighted by Gasteiger charge is -2.10. The first-order valence-corrected chi connectivity index (χ1v) is 5.80. The summed E-state index contributed by atoms with van der Waals surface area (Å²) in [6.45, 7) is 4.07. The molecule has 0 spiro atoms. The summed E-state index contributed by atoms with van der Waals surface area (Å²) < 4.78 is 6.74. The summed E-state index contributed by atoms with van der Waals surface area (Å²) in [5, 5.41) is 2.43. The van der Waals surface area contributed by atoms with Crippen LogP contribution in [0.3, 0.4) is 0 Å². The Labute approximate surface area is 98.2 Å². The molecule has 0 aromatic heterocycles. The standard InChI is InChI=1S/C13H13BrO/c1-9(2)15-13-6-4-10-7-12(14)5-3-11(10)8-13/h3-9H,1-2H3. The van der Waals surface area contributed by atoms with Gasteiger partial charge in [0.2, 0.25) is 0 Å². The third-order valence-electron chi connectivity index (χ3n) is 2.15. The Morgan fingerprint density at radius 1 is 1.00 bits per heavy atom. The second-order valence-electron chi connectivity index (χ2n) is 3.82. The van der Waals surface area contributed by atoms with Gasteiger partial charge in [-0.2, -0.15) is 0 Å². The van der Waals surface area contributed by atoms with Gasteiger partial charge in [0, 0.05) is 4.47 Å². The molecule has 0 N–H and O–H groups in total. The van der Waals surface area contributed by atoms with Crippen LogP contribution in [-0.4, -0.2) is 6.10 Å². The van der Waals surface area contributed by atoms with Crippen LogP contribution in [0.2, 0.25) is 0 Å². The van der Waals surface area contributed by atoms with Crippen molar-refractivity contribution in [3.8, 4) is 5.75 Å². The zero-order chi connectivity index (χ0) is 10.8. The van der Waals surface area contributed by atoms with E-state index in [1.54, 1.807) is 0 Å². The number of ether oxygens (including phenoxy) is 1. The van der Waals surface area contributed by atoms with E-state index in [1.807, 2.05) is 26.0 Å². The molecule has 0 fully saturated rings. The molecule has 2 aromatic rings. The molecule has 78 valence electrons. The van der Waals surface area contributed by atoms with E-state index in [9.17, 15) is 0 Å². The number of halogens is 1. The van der Waals surface area contributed by atoms with E-state index in [0.717, 1.165) is 10.2 Å². The summed E-state index contributed by atoms with van der Waals surface area (Å²) in [6, 6.07) is 12.4. The minimum atomic E-state index is 0.220. The van der Waals surface area contributed by atoms with Crippen molar-refractivity contribution in [1.29, 1.82) is 0 Å². The molecule has 0 radical (unpaired) electrons. The third kappa shape index (κ3) is 2.51. The lowest BCUT2D eigenvalue weighted by Crippen LogP contribution is -2.05. The fourth-order valence-electron chi connectivity index (χ4n) is 1.54. The predicted octanol–water partition coefficient (Wildman–Crippen LogP) is 4.39. The van der Waals surface area contributed by atoms with Gasteiger partial charge in [0.25, 0.3) is 0 Å². The number of fused-ring (bicyclic) bond motifs is 1. The van der Waals surface area contributed by atoms with Gasteiger partial charge in [0.15, 0.2) is 0 Å². The van der Waals surface area contributed by atoms with Gasteiger partial charge in [-0.1, -0.05) is 28.1 Å². The molecule has 0 bridgehead atoms. The molecule has 0 amide bonds. The maximum absolute atomic E-state index is 5.64. The molecular formula is C13H13BrO. The second-order valence-corrected chi connectivity index (χ2v) is 4.74. The zero-order valence-electron chi connectivity index (χ0n) is 8.83. The minimum Gasteiger partial charge on any atom is -0.491 e. The molecule has 2 aromatic carbocycles. The summed E-state index contributed by atoms with van der Waals surface area (Å²) >= 11 is 3.46. The van der Waals surface area contributed by atoms with Crippen molar-refractivity contribution in [2.75, 3.05) is 0 Å². The van der Waals surface area contributed by atoms with Gasteiger partial charge < -0.3 is 4.74 Å². The molecule has 0 aliphatic carbocycles. The van der Waals surface area contributed by atoms with Crippen molar-refractivity contribution < 1.29 is 4.74 Å². The molecule has 2 rings (SSSR count). The van der Waals surface area contributed by atoms with Crippen LogP contribution < -0.4 is 4.74 Å². The van der Waals surface area contributed by atoms with Crippen LogP contribution in [0.25, 0.3) is 10.8 Å². The van der Waals surface area contributed by atoms with E-state index >= 15 is 0 Å². The fourth-order valence-corrected chi connectivity index (χ4v) is 1.92. The van der Waals surface area contributed by atoms with Crippen LogP contribution in [-0.2, 0) is 0 Å². The molecule has 1 nitrogen and oxygen atoms in total. The molecule has 0 saturated heterocycles. The average Bonchev–Trinajstić information content (AvgIpc) is 2.17. The molecule has 0 aliphatic heterocycles. The SMILES string of the molecule is CC(C)Oc1ccc2cc(Br)ccc2c1. The molecule has 0 saturated carbocycles. The van der Waals surface area contributed by atoms with Crippen molar-refractivity contribution in [2.24, 2.45) is 0 Å². The van der Waals surface area contributed by atoms with Crippen LogP contribution in [0.15, 0.2) is 40.9 Å².